The SMILES string of the molecule is Nc1ccc2c(CC(N)C(=O)O)c[nH]c2c1. The van der Waals surface area contributed by atoms with Crippen molar-refractivity contribution in [1.29, 1.82) is 0 Å². The summed E-state index contributed by atoms with van der Waals surface area (Å²) in [5, 5.41) is 9.71. The Balaban J connectivity index is 2.35. The van der Waals surface area contributed by atoms with E-state index >= 15 is 0 Å². The molecular weight excluding hydrogens is 206 g/mol. The average Bonchev–Trinajstić information content (AvgIpc) is 2.60. The molecule has 84 valence electrons. The number of nitrogens with one attached hydrogen (secondary N) is 1. The first-order chi connectivity index (χ1) is 7.58. The molecule has 5 nitrogen and oxygen atoms in total. The molecule has 0 aliphatic carbocycles. The summed E-state index contributed by atoms with van der Waals surface area (Å²) >= 11 is 0. The largest absolute Gasteiger partial charge is 0.480 e. The van der Waals surface area contributed by atoms with E-state index in [4.69, 9.17) is 16.6 Å². The van der Waals surface area contributed by atoms with Crippen molar-refractivity contribution in [2.45, 2.75) is 12.5 Å². The third kappa shape index (κ3) is 1.85. The lowest BCUT2D eigenvalue weighted by molar-refractivity contribution is -0.138. The highest BCUT2D eigenvalue weighted by atomic mass is 16.4. The number of benzene rings is 1. The van der Waals surface area contributed by atoms with Crippen molar-refractivity contribution in [1.82, 2.24) is 4.98 Å². The molecule has 1 heterocycles. The molecule has 16 heavy (non-hydrogen) atoms. The molecule has 1 aromatic carbocycles. The molecule has 0 amide bonds. The molecule has 1 aromatic heterocycles. The van der Waals surface area contributed by atoms with Crippen LogP contribution in [-0.4, -0.2) is 22.1 Å². The molecule has 2 rings (SSSR count). The van der Waals surface area contributed by atoms with E-state index in [1.54, 1.807) is 12.3 Å². The number of carboxylic acid groups (broad SMARTS) is 1. The van der Waals surface area contributed by atoms with Crippen LogP contribution in [0.15, 0.2) is 24.4 Å². The van der Waals surface area contributed by atoms with Crippen LogP contribution in [-0.2, 0) is 11.2 Å². The van der Waals surface area contributed by atoms with Crippen molar-refractivity contribution in [2.24, 2.45) is 5.73 Å². The molecule has 5 heteroatoms. The molecule has 1 unspecified atom stereocenters. The number of carbonyl (C=O) groups is 1. The number of H-pyrrole nitrogens is 1. The Morgan fingerprint density at radius 2 is 2.25 bits per heavy atom. The van der Waals surface area contributed by atoms with E-state index < -0.39 is 12.0 Å². The number of anilines is 1. The van der Waals surface area contributed by atoms with Crippen LogP contribution in [0.3, 0.4) is 0 Å². The van der Waals surface area contributed by atoms with Gasteiger partial charge in [-0.1, -0.05) is 6.07 Å². The Morgan fingerprint density at radius 1 is 1.50 bits per heavy atom. The quantitative estimate of drug-likeness (QED) is 0.570. The number of aliphatic carboxylic acids is 1. The minimum Gasteiger partial charge on any atom is -0.480 e. The first-order valence-electron chi connectivity index (χ1n) is 4.92. The zero-order valence-electron chi connectivity index (χ0n) is 8.60. The third-order valence-electron chi connectivity index (χ3n) is 2.55. The zero-order chi connectivity index (χ0) is 11.7. The van der Waals surface area contributed by atoms with Gasteiger partial charge in [0.15, 0.2) is 0 Å². The van der Waals surface area contributed by atoms with Crippen molar-refractivity contribution in [3.63, 3.8) is 0 Å². The first-order valence-corrected chi connectivity index (χ1v) is 4.92. The minimum absolute atomic E-state index is 0.305. The molecule has 0 spiro atoms. The van der Waals surface area contributed by atoms with Crippen molar-refractivity contribution < 1.29 is 9.90 Å². The smallest absolute Gasteiger partial charge is 0.320 e. The number of carboxylic acids is 1. The summed E-state index contributed by atoms with van der Waals surface area (Å²) in [5.41, 5.74) is 13.6. The maximum absolute atomic E-state index is 10.7. The molecule has 0 fully saturated rings. The Hall–Kier alpha value is -2.01. The average molecular weight is 219 g/mol. The van der Waals surface area contributed by atoms with Gasteiger partial charge in [-0.05, 0) is 17.7 Å². The van der Waals surface area contributed by atoms with Gasteiger partial charge in [-0.3, -0.25) is 4.79 Å². The number of nitrogens with two attached hydrogens (primary N) is 2. The summed E-state index contributed by atoms with van der Waals surface area (Å²) in [6.45, 7) is 0. The number of aromatic amines is 1. The number of rotatable bonds is 3. The number of hydrogen-bond acceptors (Lipinski definition) is 3. The second kappa shape index (κ2) is 3.86. The molecule has 0 bridgehead atoms. The molecular formula is C11H13N3O2. The fourth-order valence-electron chi connectivity index (χ4n) is 1.70. The molecule has 0 saturated heterocycles. The maximum Gasteiger partial charge on any atom is 0.320 e. The Labute approximate surface area is 92.1 Å². The summed E-state index contributed by atoms with van der Waals surface area (Å²) in [6, 6.07) is 4.58. The fraction of sp³-hybridized carbons (Fsp3) is 0.182. The monoisotopic (exact) mass is 219 g/mol. The predicted octanol–water partition coefficient (Wildman–Crippen LogP) is 0.704. The highest BCUT2D eigenvalue weighted by molar-refractivity contribution is 5.86. The second-order valence-corrected chi connectivity index (χ2v) is 3.77. The molecule has 1 atom stereocenters. The third-order valence-corrected chi connectivity index (χ3v) is 2.55. The van der Waals surface area contributed by atoms with Crippen LogP contribution >= 0.6 is 0 Å². The van der Waals surface area contributed by atoms with Gasteiger partial charge < -0.3 is 21.6 Å². The van der Waals surface area contributed by atoms with Gasteiger partial charge in [-0.15, -0.1) is 0 Å². The Bertz CT molecular complexity index is 533. The van der Waals surface area contributed by atoms with Crippen molar-refractivity contribution in [3.8, 4) is 0 Å². The Morgan fingerprint density at radius 3 is 2.94 bits per heavy atom. The number of aromatic nitrogens is 1. The van der Waals surface area contributed by atoms with Crippen molar-refractivity contribution in [3.05, 3.63) is 30.0 Å². The van der Waals surface area contributed by atoms with E-state index in [0.717, 1.165) is 16.5 Å². The van der Waals surface area contributed by atoms with Crippen LogP contribution in [0, 0.1) is 0 Å². The van der Waals surface area contributed by atoms with Crippen molar-refractivity contribution in [2.75, 3.05) is 5.73 Å². The van der Waals surface area contributed by atoms with E-state index in [0.29, 0.717) is 12.1 Å². The lowest BCUT2D eigenvalue weighted by Gasteiger charge is -2.04. The summed E-state index contributed by atoms with van der Waals surface area (Å²) < 4.78 is 0. The van der Waals surface area contributed by atoms with Crippen LogP contribution in [0.25, 0.3) is 10.9 Å². The maximum atomic E-state index is 10.7. The van der Waals surface area contributed by atoms with Gasteiger partial charge in [0, 0.05) is 29.2 Å². The molecule has 0 saturated carbocycles. The van der Waals surface area contributed by atoms with Crippen molar-refractivity contribution >= 4 is 22.6 Å². The molecule has 2 aromatic rings. The summed E-state index contributed by atoms with van der Waals surface area (Å²) in [7, 11) is 0. The second-order valence-electron chi connectivity index (χ2n) is 3.77. The lowest BCUT2D eigenvalue weighted by atomic mass is 10.1. The predicted molar refractivity (Wildman–Crippen MR) is 62.0 cm³/mol. The Kier molecular flexibility index (Phi) is 2.54. The lowest BCUT2D eigenvalue weighted by Crippen LogP contribution is -2.32. The van der Waals surface area contributed by atoms with E-state index in [9.17, 15) is 4.79 Å². The van der Waals surface area contributed by atoms with E-state index in [1.807, 2.05) is 12.1 Å². The van der Waals surface area contributed by atoms with Crippen LogP contribution in [0.1, 0.15) is 5.56 Å². The topological polar surface area (TPSA) is 105 Å². The van der Waals surface area contributed by atoms with Gasteiger partial charge in [0.25, 0.3) is 0 Å². The number of hydrogen-bond donors (Lipinski definition) is 4. The van der Waals surface area contributed by atoms with Crippen LogP contribution < -0.4 is 11.5 Å². The molecule has 6 N–H and O–H groups in total. The van der Waals surface area contributed by atoms with Gasteiger partial charge >= 0.3 is 5.97 Å². The molecule has 0 aliphatic rings. The zero-order valence-corrected chi connectivity index (χ0v) is 8.60. The first kappa shape index (κ1) is 10.5. The van der Waals surface area contributed by atoms with Gasteiger partial charge in [0.1, 0.15) is 6.04 Å². The molecule has 0 aliphatic heterocycles. The number of nitrogen functional groups attached to an aromatic ring is 1. The number of fused-ring (bicyclic) bond motifs is 1. The van der Waals surface area contributed by atoms with Gasteiger partial charge in [0.05, 0.1) is 0 Å². The van der Waals surface area contributed by atoms with Crippen LogP contribution in [0.2, 0.25) is 0 Å². The van der Waals surface area contributed by atoms with E-state index in [1.165, 1.54) is 0 Å². The minimum atomic E-state index is -0.996. The van der Waals surface area contributed by atoms with E-state index in [-0.39, 0.29) is 0 Å². The highest BCUT2D eigenvalue weighted by Crippen LogP contribution is 2.21. The normalized spacial score (nSPS) is 12.8. The summed E-state index contributed by atoms with van der Waals surface area (Å²) in [4.78, 5) is 13.7. The summed E-state index contributed by atoms with van der Waals surface area (Å²) in [6.07, 6.45) is 2.08. The van der Waals surface area contributed by atoms with Gasteiger partial charge in [-0.2, -0.15) is 0 Å². The van der Waals surface area contributed by atoms with Gasteiger partial charge in [0.2, 0.25) is 0 Å². The van der Waals surface area contributed by atoms with Crippen LogP contribution in [0.5, 0.6) is 0 Å². The van der Waals surface area contributed by atoms with Crippen LogP contribution in [0.4, 0.5) is 5.69 Å². The summed E-state index contributed by atoms with van der Waals surface area (Å²) in [5.74, 6) is -0.996. The standard InChI is InChI=1S/C11H13N3O2/c12-7-1-2-8-6(3-9(13)11(15)16)5-14-10(8)4-7/h1-2,4-5,9,14H,3,12-13H2,(H,15,16). The van der Waals surface area contributed by atoms with Gasteiger partial charge in [-0.25, -0.2) is 0 Å². The highest BCUT2D eigenvalue weighted by Gasteiger charge is 2.14. The molecule has 0 radical (unpaired) electrons. The van der Waals surface area contributed by atoms with E-state index in [2.05, 4.69) is 4.98 Å². The fourth-order valence-corrected chi connectivity index (χ4v) is 1.70.